The molecule has 0 aliphatic carbocycles. The zero-order valence-electron chi connectivity index (χ0n) is 27.3. The number of para-hydroxylation sites is 1. The summed E-state index contributed by atoms with van der Waals surface area (Å²) in [6.45, 7) is -3.09. The minimum Gasteiger partial charge on any atom is -0.501 e. The second-order valence-corrected chi connectivity index (χ2v) is 7.91. The Bertz CT molecular complexity index is 1900. The summed E-state index contributed by atoms with van der Waals surface area (Å²) in [5.41, 5.74) is 5.00. The monoisotopic (exact) mass is 655 g/mol. The first-order valence-electron chi connectivity index (χ1n) is 15.0. The van der Waals surface area contributed by atoms with E-state index in [1.165, 1.54) is 24.5 Å². The number of hydrogen-bond acceptors (Lipinski definition) is 3. The number of benzene rings is 3. The Morgan fingerprint density at radius 2 is 1.78 bits per heavy atom. The Hall–Kier alpha value is -3.59. The SMILES string of the molecule is [2H]C([2H])([2H])C([2H])([2H])c1ccnc(-c2[c-]ccc3c2oc2ccccc23)c1.[2H]C([2H])([2H])c1cnc(-c2[c-]cccc2)cc1C.[Ir]. The van der Waals surface area contributed by atoms with Gasteiger partial charge in [-0.15, -0.1) is 54.1 Å². The van der Waals surface area contributed by atoms with E-state index < -0.39 is 20.1 Å². The number of rotatable bonds is 3. The number of pyridine rings is 2. The van der Waals surface area contributed by atoms with E-state index in [4.69, 9.17) is 15.4 Å². The predicted molar refractivity (Wildman–Crippen MR) is 143 cm³/mol. The van der Waals surface area contributed by atoms with E-state index in [1.54, 1.807) is 19.1 Å². The zero-order valence-corrected chi connectivity index (χ0v) is 21.7. The number of furan rings is 1. The Kier molecular flexibility index (Phi) is 5.39. The first kappa shape index (κ1) is 17.0. The van der Waals surface area contributed by atoms with Crippen LogP contribution in [-0.2, 0) is 26.5 Å². The third-order valence-electron chi connectivity index (χ3n) is 5.59. The summed E-state index contributed by atoms with van der Waals surface area (Å²) >= 11 is 0. The molecule has 0 bridgehead atoms. The molecule has 4 heteroatoms. The van der Waals surface area contributed by atoms with E-state index in [0.29, 0.717) is 22.4 Å². The number of aryl methyl sites for hydroxylation is 3. The molecule has 3 heterocycles. The van der Waals surface area contributed by atoms with Gasteiger partial charge in [0, 0.05) is 48.9 Å². The summed E-state index contributed by atoms with van der Waals surface area (Å²) in [6, 6.07) is 29.6. The van der Waals surface area contributed by atoms with Gasteiger partial charge >= 0.3 is 0 Å². The van der Waals surface area contributed by atoms with Crippen molar-refractivity contribution >= 4 is 21.9 Å². The van der Waals surface area contributed by atoms with Crippen LogP contribution in [0.15, 0.2) is 95.7 Å². The Morgan fingerprint density at radius 1 is 0.889 bits per heavy atom. The quantitative estimate of drug-likeness (QED) is 0.181. The van der Waals surface area contributed by atoms with Crippen LogP contribution in [0.1, 0.15) is 34.5 Å². The van der Waals surface area contributed by atoms with E-state index in [2.05, 4.69) is 22.1 Å². The minimum absolute atomic E-state index is 0. The molecular weight excluding hydrogens is 621 g/mol. The molecule has 0 spiro atoms. The van der Waals surface area contributed by atoms with Gasteiger partial charge in [0.25, 0.3) is 0 Å². The number of hydrogen-bond donors (Lipinski definition) is 0. The Morgan fingerprint density at radius 3 is 2.58 bits per heavy atom. The van der Waals surface area contributed by atoms with Crippen LogP contribution in [0.25, 0.3) is 44.5 Å². The fourth-order valence-corrected chi connectivity index (χ4v) is 3.78. The molecule has 0 aliphatic rings. The van der Waals surface area contributed by atoms with Gasteiger partial charge in [0.05, 0.1) is 5.58 Å². The fraction of sp³-hybridized carbons (Fsp3) is 0.125. The van der Waals surface area contributed by atoms with E-state index in [-0.39, 0.29) is 25.7 Å². The summed E-state index contributed by atoms with van der Waals surface area (Å²) in [6.07, 6.45) is 0.356. The predicted octanol–water partition coefficient (Wildman–Crippen LogP) is 8.17. The first-order valence-corrected chi connectivity index (χ1v) is 11.0. The van der Waals surface area contributed by atoms with Crippen LogP contribution in [0, 0.1) is 25.9 Å². The molecule has 0 atom stereocenters. The van der Waals surface area contributed by atoms with Crippen molar-refractivity contribution in [2.45, 2.75) is 27.0 Å². The summed E-state index contributed by atoms with van der Waals surface area (Å²) in [5.74, 6) is 0. The topological polar surface area (TPSA) is 38.9 Å². The molecule has 3 aromatic carbocycles. The molecule has 0 N–H and O–H groups in total. The van der Waals surface area contributed by atoms with Crippen LogP contribution >= 0.6 is 0 Å². The van der Waals surface area contributed by atoms with Crippen LogP contribution in [0.4, 0.5) is 0 Å². The van der Waals surface area contributed by atoms with Crippen molar-refractivity contribution in [2.75, 3.05) is 0 Å². The molecule has 0 aliphatic heterocycles. The minimum atomic E-state index is -2.78. The molecule has 3 aromatic heterocycles. The normalized spacial score (nSPS) is 14.9. The van der Waals surface area contributed by atoms with Crippen molar-refractivity contribution in [3.05, 3.63) is 120 Å². The van der Waals surface area contributed by atoms with Gasteiger partial charge in [-0.05, 0) is 49.2 Å². The van der Waals surface area contributed by atoms with Crippen molar-refractivity contribution in [3.8, 4) is 22.5 Å². The summed E-state index contributed by atoms with van der Waals surface area (Å²) in [4.78, 5) is 8.47. The molecule has 0 unspecified atom stereocenters. The molecule has 36 heavy (non-hydrogen) atoms. The molecule has 0 saturated heterocycles. The number of fused-ring (bicyclic) bond motifs is 3. The molecular formula is C32H26IrN2O-2. The first-order chi connectivity index (χ1) is 20.3. The average Bonchev–Trinajstić information content (AvgIpc) is 3.36. The summed E-state index contributed by atoms with van der Waals surface area (Å²) < 4.78 is 66.4. The molecule has 0 fully saturated rings. The molecule has 3 nitrogen and oxygen atoms in total. The van der Waals surface area contributed by atoms with Gasteiger partial charge in [-0.25, -0.2) is 0 Å². The Balaban J connectivity index is 0.000000214. The van der Waals surface area contributed by atoms with E-state index in [9.17, 15) is 0 Å². The van der Waals surface area contributed by atoms with Gasteiger partial charge in [-0.2, -0.15) is 0 Å². The average molecular weight is 655 g/mol. The van der Waals surface area contributed by atoms with Crippen molar-refractivity contribution in [2.24, 2.45) is 0 Å². The van der Waals surface area contributed by atoms with Crippen molar-refractivity contribution in [1.29, 1.82) is 0 Å². The summed E-state index contributed by atoms with van der Waals surface area (Å²) in [7, 11) is 0. The van der Waals surface area contributed by atoms with Crippen LogP contribution in [0.3, 0.4) is 0 Å². The van der Waals surface area contributed by atoms with E-state index in [1.807, 2.05) is 54.6 Å². The second kappa shape index (κ2) is 11.4. The van der Waals surface area contributed by atoms with Crippen LogP contribution in [0.5, 0.6) is 0 Å². The fourth-order valence-electron chi connectivity index (χ4n) is 3.78. The smallest absolute Gasteiger partial charge is 0.120 e. The van der Waals surface area contributed by atoms with E-state index in [0.717, 1.165) is 33.2 Å². The second-order valence-electron chi connectivity index (χ2n) is 7.91. The maximum absolute atomic E-state index is 7.97. The largest absolute Gasteiger partial charge is 0.501 e. The third kappa shape index (κ3) is 5.31. The van der Waals surface area contributed by atoms with Gasteiger partial charge in [-0.3, -0.25) is 0 Å². The van der Waals surface area contributed by atoms with Crippen LogP contribution in [0.2, 0.25) is 0 Å². The van der Waals surface area contributed by atoms with Crippen molar-refractivity contribution in [3.63, 3.8) is 0 Å². The van der Waals surface area contributed by atoms with Crippen molar-refractivity contribution < 1.29 is 35.5 Å². The standard InChI is InChI=1S/C19H14NO.C13H12N.Ir/c1-2-13-10-11-20-17(12-13)16-8-5-7-15-14-6-3-4-9-18(14)21-19(15)16;1-10-8-13(14-9-11(10)2)12-6-4-3-5-7-12;/h3-7,9-12H,2H2,1H3;3-6,8-9H,1-2H3;/q2*-1;/i1D3,2D2;2D3;. The maximum Gasteiger partial charge on any atom is 0.120 e. The Labute approximate surface area is 236 Å². The van der Waals surface area contributed by atoms with Gasteiger partial charge < -0.3 is 14.4 Å². The van der Waals surface area contributed by atoms with Crippen LogP contribution < -0.4 is 0 Å². The van der Waals surface area contributed by atoms with Crippen LogP contribution in [-0.4, -0.2) is 9.97 Å². The molecule has 0 saturated carbocycles. The maximum atomic E-state index is 7.97. The number of nitrogens with zero attached hydrogens (tertiary/aromatic N) is 2. The molecule has 181 valence electrons. The summed E-state index contributed by atoms with van der Waals surface area (Å²) in [5, 5.41) is 1.87. The van der Waals surface area contributed by atoms with Gasteiger partial charge in [-0.1, -0.05) is 59.3 Å². The van der Waals surface area contributed by atoms with Gasteiger partial charge in [0.1, 0.15) is 5.58 Å². The van der Waals surface area contributed by atoms with Gasteiger partial charge in [0.2, 0.25) is 0 Å². The van der Waals surface area contributed by atoms with E-state index >= 15 is 0 Å². The molecule has 0 amide bonds. The third-order valence-corrected chi connectivity index (χ3v) is 5.59. The van der Waals surface area contributed by atoms with Gasteiger partial charge in [0.15, 0.2) is 0 Å². The van der Waals surface area contributed by atoms with Crippen molar-refractivity contribution in [1.82, 2.24) is 9.97 Å². The zero-order chi connectivity index (χ0) is 31.0. The number of aromatic nitrogens is 2. The molecule has 6 rings (SSSR count). The molecule has 6 aromatic rings. The molecule has 1 radical (unpaired) electrons.